The molecule has 1 saturated carbocycles. The first-order chi connectivity index (χ1) is 12.4. The van der Waals surface area contributed by atoms with E-state index in [1.807, 2.05) is 6.08 Å². The van der Waals surface area contributed by atoms with E-state index in [1.54, 1.807) is 6.92 Å². The summed E-state index contributed by atoms with van der Waals surface area (Å²) in [4.78, 5) is 49.3. The lowest BCUT2D eigenvalue weighted by molar-refractivity contribution is -0.154. The highest BCUT2D eigenvalue weighted by molar-refractivity contribution is 6.14. The minimum atomic E-state index is -1.24. The molecule has 2 fully saturated rings. The zero-order chi connectivity index (χ0) is 18.5. The Morgan fingerprint density at radius 1 is 0.885 bits per heavy atom. The molecule has 138 valence electrons. The molecule has 0 spiro atoms. The van der Waals surface area contributed by atoms with E-state index in [-0.39, 0.29) is 23.8 Å². The van der Waals surface area contributed by atoms with E-state index in [0.717, 1.165) is 38.5 Å². The molecule has 6 nitrogen and oxygen atoms in total. The van der Waals surface area contributed by atoms with Crippen molar-refractivity contribution >= 4 is 23.9 Å². The van der Waals surface area contributed by atoms with Crippen molar-refractivity contribution in [1.29, 1.82) is 0 Å². The van der Waals surface area contributed by atoms with Gasteiger partial charge in [-0.05, 0) is 38.0 Å². The number of allylic oxidation sites excluding steroid dienone is 1. The van der Waals surface area contributed by atoms with Crippen molar-refractivity contribution in [1.82, 2.24) is 0 Å². The van der Waals surface area contributed by atoms with Crippen molar-refractivity contribution in [3.05, 3.63) is 22.8 Å². The van der Waals surface area contributed by atoms with E-state index in [0.29, 0.717) is 17.6 Å². The lowest BCUT2D eigenvalue weighted by Crippen LogP contribution is -2.27. The van der Waals surface area contributed by atoms with Crippen LogP contribution in [0, 0.1) is 17.3 Å². The Morgan fingerprint density at radius 3 is 2.35 bits per heavy atom. The van der Waals surface area contributed by atoms with Crippen LogP contribution in [-0.4, -0.2) is 23.9 Å². The number of ether oxygens (including phenoxy) is 2. The van der Waals surface area contributed by atoms with Gasteiger partial charge in [-0.25, -0.2) is 14.4 Å². The van der Waals surface area contributed by atoms with Gasteiger partial charge in [0.15, 0.2) is 0 Å². The number of carbonyl (C=O) groups excluding carboxylic acids is 4. The summed E-state index contributed by atoms with van der Waals surface area (Å²) >= 11 is 0. The van der Waals surface area contributed by atoms with Crippen LogP contribution in [0.3, 0.4) is 0 Å². The molecule has 4 rings (SSSR count). The highest BCUT2D eigenvalue weighted by Crippen LogP contribution is 2.47. The average molecular weight is 358 g/mol. The Bertz CT molecular complexity index is 773. The second kappa shape index (κ2) is 6.18. The molecule has 2 heterocycles. The molecular weight excluding hydrogens is 336 g/mol. The van der Waals surface area contributed by atoms with E-state index in [9.17, 15) is 19.2 Å². The van der Waals surface area contributed by atoms with Crippen LogP contribution in [0.1, 0.15) is 58.3 Å². The van der Waals surface area contributed by atoms with E-state index >= 15 is 0 Å². The smallest absolute Gasteiger partial charge is 0.342 e. The van der Waals surface area contributed by atoms with Gasteiger partial charge in [-0.1, -0.05) is 31.8 Å². The van der Waals surface area contributed by atoms with Crippen LogP contribution in [0.4, 0.5) is 0 Å². The van der Waals surface area contributed by atoms with Gasteiger partial charge in [0.25, 0.3) is 0 Å². The molecule has 1 saturated heterocycles. The van der Waals surface area contributed by atoms with Gasteiger partial charge in [-0.15, -0.1) is 0 Å². The van der Waals surface area contributed by atoms with Gasteiger partial charge in [0, 0.05) is 17.6 Å². The predicted octanol–water partition coefficient (Wildman–Crippen LogP) is 2.76. The van der Waals surface area contributed by atoms with Gasteiger partial charge in [-0.2, -0.15) is 0 Å². The Kier molecular flexibility index (Phi) is 4.09. The third-order valence-corrected chi connectivity index (χ3v) is 6.34. The Hall–Kier alpha value is -2.24. The Morgan fingerprint density at radius 2 is 1.58 bits per heavy atom. The summed E-state index contributed by atoms with van der Waals surface area (Å²) in [6, 6.07) is 0. The van der Waals surface area contributed by atoms with Crippen LogP contribution in [-0.2, 0) is 28.7 Å². The summed E-state index contributed by atoms with van der Waals surface area (Å²) in [5.74, 6) is -2.34. The number of rotatable bonds is 0. The number of carbonyl (C=O) groups is 4. The van der Waals surface area contributed by atoms with Crippen molar-refractivity contribution in [2.45, 2.75) is 58.3 Å². The third-order valence-electron chi connectivity index (χ3n) is 6.34. The lowest BCUT2D eigenvalue weighted by atomic mass is 9.75. The molecule has 0 amide bonds. The molecule has 0 N–H and O–H groups in total. The second-order valence-corrected chi connectivity index (χ2v) is 8.02. The minimum Gasteiger partial charge on any atom is -0.389 e. The highest BCUT2D eigenvalue weighted by atomic mass is 16.6. The van der Waals surface area contributed by atoms with Gasteiger partial charge in [0.1, 0.15) is 5.41 Å². The number of cyclic esters (lactones) is 4. The number of fused-ring (bicyclic) bond motifs is 2. The van der Waals surface area contributed by atoms with Crippen molar-refractivity contribution in [2.75, 3.05) is 0 Å². The molecule has 0 aromatic carbocycles. The summed E-state index contributed by atoms with van der Waals surface area (Å²) in [5.41, 5.74) is -0.288. The van der Waals surface area contributed by atoms with Gasteiger partial charge in [-0.3, -0.25) is 4.79 Å². The molecule has 26 heavy (non-hydrogen) atoms. The molecule has 3 unspecified atom stereocenters. The monoisotopic (exact) mass is 358 g/mol. The van der Waals surface area contributed by atoms with Gasteiger partial charge >= 0.3 is 23.9 Å². The molecule has 2 aliphatic carbocycles. The minimum absolute atomic E-state index is 0.0250. The van der Waals surface area contributed by atoms with Crippen LogP contribution >= 0.6 is 0 Å². The van der Waals surface area contributed by atoms with Crippen LogP contribution < -0.4 is 0 Å². The van der Waals surface area contributed by atoms with E-state index in [1.165, 1.54) is 0 Å². The topological polar surface area (TPSA) is 86.7 Å². The SMILES string of the molecule is CC12CC3=C(CC4CCCCCCC4/C=C\1C(=O)OC2=O)C(=O)OC3=O. The van der Waals surface area contributed by atoms with Crippen molar-refractivity contribution in [3.63, 3.8) is 0 Å². The van der Waals surface area contributed by atoms with Crippen molar-refractivity contribution in [3.8, 4) is 0 Å². The maximum atomic E-state index is 12.4. The van der Waals surface area contributed by atoms with Crippen LogP contribution in [0.25, 0.3) is 0 Å². The second-order valence-electron chi connectivity index (χ2n) is 8.02. The van der Waals surface area contributed by atoms with Gasteiger partial charge < -0.3 is 9.47 Å². The largest absolute Gasteiger partial charge is 0.389 e. The zero-order valence-electron chi connectivity index (χ0n) is 14.8. The first kappa shape index (κ1) is 17.2. The summed E-state index contributed by atoms with van der Waals surface area (Å²) in [7, 11) is 0. The Balaban J connectivity index is 1.86. The summed E-state index contributed by atoms with van der Waals surface area (Å²) in [6.07, 6.45) is 8.55. The van der Waals surface area contributed by atoms with E-state index < -0.39 is 29.3 Å². The van der Waals surface area contributed by atoms with E-state index in [2.05, 4.69) is 0 Å². The summed E-state index contributed by atoms with van der Waals surface area (Å²) < 4.78 is 9.75. The first-order valence-electron chi connectivity index (χ1n) is 9.37. The molecule has 2 aliphatic heterocycles. The summed E-state index contributed by atoms with van der Waals surface area (Å²) in [6.45, 7) is 1.62. The van der Waals surface area contributed by atoms with Crippen molar-refractivity contribution in [2.24, 2.45) is 17.3 Å². The standard InChI is InChI=1S/C20H22O6/c1-20-10-14-13(16(21)25-17(14)22)8-11-6-4-2-3-5-7-12(11)9-15(20)18(23)26-19(20)24/h9,11-12H,2-8,10H2,1H3/b15-9-. The van der Waals surface area contributed by atoms with Crippen LogP contribution in [0.15, 0.2) is 22.8 Å². The Labute approximate surface area is 151 Å². The molecule has 3 atom stereocenters. The first-order valence-corrected chi connectivity index (χ1v) is 9.37. The fraction of sp³-hybridized carbons (Fsp3) is 0.600. The summed E-state index contributed by atoms with van der Waals surface area (Å²) in [5, 5.41) is 0. The molecular formula is C20H22O6. The fourth-order valence-electron chi connectivity index (χ4n) is 4.74. The maximum Gasteiger partial charge on any atom is 0.342 e. The molecule has 4 aliphatic rings. The van der Waals surface area contributed by atoms with Gasteiger partial charge in [0.2, 0.25) is 0 Å². The van der Waals surface area contributed by atoms with Crippen LogP contribution in [0.2, 0.25) is 0 Å². The van der Waals surface area contributed by atoms with Gasteiger partial charge in [0.05, 0.1) is 5.57 Å². The number of hydrogen-bond acceptors (Lipinski definition) is 6. The predicted molar refractivity (Wildman–Crippen MR) is 89.3 cm³/mol. The fourth-order valence-corrected chi connectivity index (χ4v) is 4.74. The zero-order valence-corrected chi connectivity index (χ0v) is 14.8. The maximum absolute atomic E-state index is 12.4. The molecule has 0 aromatic rings. The average Bonchev–Trinajstić information content (AvgIpc) is 2.95. The quantitative estimate of drug-likeness (QED) is 0.489. The molecule has 6 heteroatoms. The number of hydrogen-bond donors (Lipinski definition) is 0. The highest BCUT2D eigenvalue weighted by Gasteiger charge is 2.53. The van der Waals surface area contributed by atoms with E-state index in [4.69, 9.17) is 9.47 Å². The third kappa shape index (κ3) is 2.63. The molecule has 0 aromatic heterocycles. The lowest BCUT2D eigenvalue weighted by Gasteiger charge is -2.28. The normalized spacial score (nSPS) is 37.0. The number of esters is 4. The molecule has 0 radical (unpaired) electrons. The van der Waals surface area contributed by atoms with Crippen molar-refractivity contribution < 1.29 is 28.7 Å². The van der Waals surface area contributed by atoms with Crippen LogP contribution in [0.5, 0.6) is 0 Å². The molecule has 0 bridgehead atoms.